The first-order valence-corrected chi connectivity index (χ1v) is 16.8. The normalized spacial score (nSPS) is 16.2. The van der Waals surface area contributed by atoms with E-state index < -0.39 is 0 Å². The Morgan fingerprint density at radius 3 is 2.28 bits per heavy atom. The average Bonchev–Trinajstić information content (AvgIpc) is 3.31. The summed E-state index contributed by atoms with van der Waals surface area (Å²) in [6.45, 7) is 12.2. The fourth-order valence-corrected chi connectivity index (χ4v) is 5.49. The van der Waals surface area contributed by atoms with Crippen molar-refractivity contribution >= 4 is 52.9 Å². The molecule has 13 heteroatoms. The van der Waals surface area contributed by atoms with Crippen LogP contribution in [-0.4, -0.2) is 64.1 Å². The molecule has 0 radical (unpaired) electrons. The van der Waals surface area contributed by atoms with Gasteiger partial charge in [0.1, 0.15) is 22.6 Å². The van der Waals surface area contributed by atoms with Gasteiger partial charge in [0.15, 0.2) is 11.0 Å². The number of allylic oxidation sites excluding steroid dienone is 1. The summed E-state index contributed by atoms with van der Waals surface area (Å²) in [4.78, 5) is 41.8. The molecule has 2 unspecified atom stereocenters. The van der Waals surface area contributed by atoms with Gasteiger partial charge >= 0.3 is 18.0 Å². The van der Waals surface area contributed by atoms with Crippen molar-refractivity contribution in [3.63, 3.8) is 0 Å². The SMILES string of the molecule is CC1(C)C(C=C(Cl)Cl)C1C(=O)OCc1cccc(Oc2ccccc2)c1.CCOC(=O)CSc1nc(C(C)(C)C)nn1C(=O)N(C)C. The van der Waals surface area contributed by atoms with Crippen LogP contribution in [0.1, 0.15) is 52.9 Å². The monoisotopic (exact) mass is 704 g/mol. The van der Waals surface area contributed by atoms with Crippen LogP contribution < -0.4 is 4.74 Å². The van der Waals surface area contributed by atoms with Gasteiger partial charge in [-0.15, -0.1) is 5.10 Å². The molecule has 0 aliphatic heterocycles. The molecule has 2 atom stereocenters. The van der Waals surface area contributed by atoms with Gasteiger partial charge in [0.2, 0.25) is 0 Å². The van der Waals surface area contributed by atoms with Crippen LogP contribution in [0.15, 0.2) is 70.3 Å². The molecule has 2 aromatic carbocycles. The minimum absolute atomic E-state index is 0.00717. The Morgan fingerprint density at radius 1 is 1.02 bits per heavy atom. The minimum atomic E-state index is -0.341. The van der Waals surface area contributed by atoms with Crippen molar-refractivity contribution in [1.29, 1.82) is 0 Å². The van der Waals surface area contributed by atoms with E-state index in [0.717, 1.165) is 23.1 Å². The van der Waals surface area contributed by atoms with E-state index in [2.05, 4.69) is 10.1 Å². The highest BCUT2D eigenvalue weighted by Crippen LogP contribution is 2.60. The summed E-state index contributed by atoms with van der Waals surface area (Å²) in [7, 11) is 3.28. The third-order valence-electron chi connectivity index (χ3n) is 7.17. The molecular weight excluding hydrogens is 663 g/mol. The Hall–Kier alpha value is -3.54. The summed E-state index contributed by atoms with van der Waals surface area (Å²) in [5, 5.41) is 4.66. The Kier molecular flexibility index (Phi) is 13.3. The zero-order valence-corrected chi connectivity index (χ0v) is 30.3. The molecule has 1 aromatic heterocycles. The van der Waals surface area contributed by atoms with Gasteiger partial charge in [-0.3, -0.25) is 9.59 Å². The van der Waals surface area contributed by atoms with E-state index >= 15 is 0 Å². The van der Waals surface area contributed by atoms with Crippen LogP contribution in [0, 0.1) is 17.3 Å². The van der Waals surface area contributed by atoms with Gasteiger partial charge in [-0.25, -0.2) is 9.78 Å². The highest BCUT2D eigenvalue weighted by molar-refractivity contribution is 7.99. The number of hydrogen-bond acceptors (Lipinski definition) is 9. The summed E-state index contributed by atoms with van der Waals surface area (Å²) < 4.78 is 17.6. The van der Waals surface area contributed by atoms with Crippen LogP contribution in [0.3, 0.4) is 0 Å². The number of benzene rings is 2. The number of hydrogen-bond donors (Lipinski definition) is 0. The Morgan fingerprint density at radius 2 is 1.68 bits per heavy atom. The Labute approximate surface area is 290 Å². The highest BCUT2D eigenvalue weighted by atomic mass is 35.5. The molecule has 10 nitrogen and oxygen atoms in total. The van der Waals surface area contributed by atoms with E-state index in [1.54, 1.807) is 27.1 Å². The van der Waals surface area contributed by atoms with Crippen LogP contribution in [0.2, 0.25) is 0 Å². The van der Waals surface area contributed by atoms with Crippen LogP contribution in [0.25, 0.3) is 0 Å². The number of ether oxygens (including phenoxy) is 3. The van der Waals surface area contributed by atoms with Gasteiger partial charge in [0, 0.05) is 19.5 Å². The van der Waals surface area contributed by atoms with Crippen molar-refractivity contribution in [3.05, 3.63) is 76.6 Å². The molecule has 1 heterocycles. The Bertz CT molecular complexity index is 1570. The first-order chi connectivity index (χ1) is 22.0. The molecule has 0 saturated heterocycles. The van der Waals surface area contributed by atoms with Gasteiger partial charge in [0.25, 0.3) is 0 Å². The van der Waals surface area contributed by atoms with Gasteiger partial charge in [-0.05, 0) is 54.2 Å². The zero-order chi connectivity index (χ0) is 34.9. The molecule has 0 N–H and O–H groups in total. The molecule has 47 heavy (non-hydrogen) atoms. The summed E-state index contributed by atoms with van der Waals surface area (Å²) in [6, 6.07) is 16.7. The maximum Gasteiger partial charge on any atom is 0.346 e. The van der Waals surface area contributed by atoms with E-state index in [1.807, 2.05) is 89.2 Å². The van der Waals surface area contributed by atoms with Gasteiger partial charge in [-0.1, -0.05) is 99.9 Å². The lowest BCUT2D eigenvalue weighted by Gasteiger charge is -2.13. The number of nitrogens with zero attached hydrogens (tertiary/aromatic N) is 4. The zero-order valence-electron chi connectivity index (χ0n) is 28.0. The Balaban J connectivity index is 0.000000262. The predicted molar refractivity (Wildman–Crippen MR) is 184 cm³/mol. The quantitative estimate of drug-likeness (QED) is 0.154. The molecule has 0 spiro atoms. The standard InChI is InChI=1S/C21H20Cl2O3.C13H22N4O3S/c1-21(2)17(12-18(22)23)19(21)20(24)25-13-14-7-6-10-16(11-14)26-15-8-4-3-5-9-15;1-7-20-9(18)8-21-11-14-10(13(2,3)4)15-17(11)12(19)16(5)6/h3-12,17,19H,13H2,1-2H3;7-8H2,1-6H3. The number of carbonyl (C=O) groups excluding carboxylic acids is 3. The summed E-state index contributed by atoms with van der Waals surface area (Å²) >= 11 is 12.6. The highest BCUT2D eigenvalue weighted by Gasteiger charge is 2.61. The number of halogens is 2. The average molecular weight is 706 g/mol. The third-order valence-corrected chi connectivity index (χ3v) is 8.32. The molecule has 1 fully saturated rings. The second-order valence-corrected chi connectivity index (χ2v) is 14.6. The van der Waals surface area contributed by atoms with Crippen LogP contribution in [0.5, 0.6) is 11.5 Å². The van der Waals surface area contributed by atoms with Crippen LogP contribution >= 0.6 is 35.0 Å². The number of amides is 1. The molecule has 1 amide bonds. The van der Waals surface area contributed by atoms with Crippen molar-refractivity contribution in [2.75, 3.05) is 26.5 Å². The van der Waals surface area contributed by atoms with Crippen molar-refractivity contribution in [2.24, 2.45) is 17.3 Å². The lowest BCUT2D eigenvalue weighted by Crippen LogP contribution is -2.29. The van der Waals surface area contributed by atoms with Crippen LogP contribution in [-0.2, 0) is 31.1 Å². The molecule has 3 aromatic rings. The van der Waals surface area contributed by atoms with E-state index in [9.17, 15) is 14.4 Å². The van der Waals surface area contributed by atoms with Crippen LogP contribution in [0.4, 0.5) is 4.79 Å². The molecule has 0 bridgehead atoms. The molecule has 1 saturated carbocycles. The third kappa shape index (κ3) is 11.0. The predicted octanol–water partition coefficient (Wildman–Crippen LogP) is 7.87. The van der Waals surface area contributed by atoms with E-state index in [-0.39, 0.29) is 57.5 Å². The second-order valence-electron chi connectivity index (χ2n) is 12.6. The smallest absolute Gasteiger partial charge is 0.346 e. The van der Waals surface area contributed by atoms with E-state index in [0.29, 0.717) is 23.3 Å². The largest absolute Gasteiger partial charge is 0.465 e. The minimum Gasteiger partial charge on any atom is -0.465 e. The maximum absolute atomic E-state index is 12.4. The topological polar surface area (TPSA) is 113 Å². The van der Waals surface area contributed by atoms with Gasteiger partial charge < -0.3 is 19.1 Å². The van der Waals surface area contributed by atoms with E-state index in [1.165, 1.54) is 9.58 Å². The molecule has 254 valence electrons. The number of carbonyl (C=O) groups is 3. The number of esters is 2. The second kappa shape index (κ2) is 16.5. The van der Waals surface area contributed by atoms with Crippen molar-refractivity contribution < 1.29 is 28.6 Å². The van der Waals surface area contributed by atoms with Crippen molar-refractivity contribution in [2.45, 2.75) is 58.7 Å². The summed E-state index contributed by atoms with van der Waals surface area (Å²) in [5.41, 5.74) is 0.397. The van der Waals surface area contributed by atoms with Crippen molar-refractivity contribution in [1.82, 2.24) is 19.7 Å². The fourth-order valence-electron chi connectivity index (χ4n) is 4.49. The number of para-hydroxylation sites is 1. The summed E-state index contributed by atoms with van der Waals surface area (Å²) in [5.74, 6) is 1.32. The van der Waals surface area contributed by atoms with E-state index in [4.69, 9.17) is 37.4 Å². The first kappa shape index (κ1) is 37.9. The molecule has 4 rings (SSSR count). The molecular formula is C34H42Cl2N4O6S. The lowest BCUT2D eigenvalue weighted by molar-refractivity contribution is -0.147. The van der Waals surface area contributed by atoms with Crippen molar-refractivity contribution in [3.8, 4) is 11.5 Å². The molecule has 1 aliphatic rings. The fraction of sp³-hybridized carbons (Fsp3) is 0.441. The first-order valence-electron chi connectivity index (χ1n) is 15.0. The number of rotatable bonds is 10. The van der Waals surface area contributed by atoms with Gasteiger partial charge in [-0.2, -0.15) is 4.68 Å². The number of thioether (sulfide) groups is 1. The lowest BCUT2D eigenvalue weighted by atomic mass is 9.96. The number of aromatic nitrogens is 3. The summed E-state index contributed by atoms with van der Waals surface area (Å²) in [6.07, 6.45) is 1.71. The maximum atomic E-state index is 12.4. The van der Waals surface area contributed by atoms with Gasteiger partial charge in [0.05, 0.1) is 18.3 Å². The molecule has 1 aliphatic carbocycles.